The van der Waals surface area contributed by atoms with E-state index in [0.29, 0.717) is 38.4 Å². The molecule has 5 nitrogen and oxygen atoms in total. The van der Waals surface area contributed by atoms with Gasteiger partial charge in [-0.3, -0.25) is 4.79 Å². The number of nitrogens with one attached hydrogen (secondary N) is 1. The van der Waals surface area contributed by atoms with E-state index in [9.17, 15) is 14.7 Å². The Morgan fingerprint density at radius 3 is 2.65 bits per heavy atom. The Bertz CT molecular complexity index is 344. The molecule has 1 saturated heterocycles. The van der Waals surface area contributed by atoms with Crippen LogP contribution in [0.25, 0.3) is 0 Å². The van der Waals surface area contributed by atoms with Crippen molar-refractivity contribution in [1.82, 2.24) is 10.2 Å². The fraction of sp³-hybridized carbons (Fsp3) is 0.867. The van der Waals surface area contributed by atoms with Crippen LogP contribution < -0.4 is 5.32 Å². The van der Waals surface area contributed by atoms with Gasteiger partial charge in [0.05, 0.1) is 5.41 Å². The number of nitrogens with zero attached hydrogens (tertiary/aromatic N) is 1. The summed E-state index contributed by atoms with van der Waals surface area (Å²) in [5.74, 6) is -0.140. The van der Waals surface area contributed by atoms with Crippen LogP contribution in [0.3, 0.4) is 0 Å². The molecule has 0 aliphatic carbocycles. The number of hydrogen-bond donors (Lipinski definition) is 2. The van der Waals surface area contributed by atoms with Gasteiger partial charge in [0, 0.05) is 19.6 Å². The molecule has 1 aliphatic rings. The highest BCUT2D eigenvalue weighted by molar-refractivity contribution is 5.78. The summed E-state index contributed by atoms with van der Waals surface area (Å²) in [5.41, 5.74) is -0.756. The molecule has 0 aromatic rings. The van der Waals surface area contributed by atoms with E-state index in [4.69, 9.17) is 0 Å². The van der Waals surface area contributed by atoms with E-state index in [0.717, 1.165) is 19.3 Å². The molecule has 5 heteroatoms. The van der Waals surface area contributed by atoms with Gasteiger partial charge in [-0.2, -0.15) is 0 Å². The molecular formula is C15H28N2O3. The maximum Gasteiger partial charge on any atom is 0.317 e. The largest absolute Gasteiger partial charge is 0.481 e. The number of piperidine rings is 1. The van der Waals surface area contributed by atoms with E-state index < -0.39 is 11.4 Å². The third-order valence-corrected chi connectivity index (χ3v) is 4.23. The third kappa shape index (κ3) is 4.39. The molecule has 1 aliphatic heterocycles. The second-order valence-corrected chi connectivity index (χ2v) is 6.23. The standard InChI is InChI=1S/C15H28N2O3/c1-4-15(13(18)19)8-6-10-17(11-15)14(20)16-9-5-7-12(2)3/h12H,4-11H2,1-3H3,(H,16,20)(H,18,19). The minimum absolute atomic E-state index is 0.118. The van der Waals surface area contributed by atoms with Crippen LogP contribution >= 0.6 is 0 Å². The Balaban J connectivity index is 2.46. The lowest BCUT2D eigenvalue weighted by Crippen LogP contribution is -2.52. The molecule has 0 bridgehead atoms. The summed E-state index contributed by atoms with van der Waals surface area (Å²) in [4.78, 5) is 25.2. The van der Waals surface area contributed by atoms with E-state index in [-0.39, 0.29) is 6.03 Å². The summed E-state index contributed by atoms with van der Waals surface area (Å²) in [5, 5.41) is 12.3. The highest BCUT2D eigenvalue weighted by atomic mass is 16.4. The normalized spacial score (nSPS) is 22.9. The summed E-state index contributed by atoms with van der Waals surface area (Å²) >= 11 is 0. The van der Waals surface area contributed by atoms with Crippen molar-refractivity contribution >= 4 is 12.0 Å². The van der Waals surface area contributed by atoms with Gasteiger partial charge in [0.25, 0.3) is 0 Å². The zero-order valence-corrected chi connectivity index (χ0v) is 12.9. The molecule has 0 aromatic carbocycles. The van der Waals surface area contributed by atoms with Crippen LogP contribution in [0.5, 0.6) is 0 Å². The number of amides is 2. The van der Waals surface area contributed by atoms with Crippen molar-refractivity contribution in [3.05, 3.63) is 0 Å². The molecule has 1 unspecified atom stereocenters. The van der Waals surface area contributed by atoms with Crippen LogP contribution in [-0.4, -0.2) is 41.6 Å². The predicted octanol–water partition coefficient (Wildman–Crippen LogP) is 2.71. The SMILES string of the molecule is CCC1(C(=O)O)CCCN(C(=O)NCCCC(C)C)C1. The molecule has 0 spiro atoms. The van der Waals surface area contributed by atoms with Crippen molar-refractivity contribution in [3.8, 4) is 0 Å². The van der Waals surface area contributed by atoms with Gasteiger partial charge < -0.3 is 15.3 Å². The first kappa shape index (κ1) is 16.8. The number of urea groups is 1. The van der Waals surface area contributed by atoms with Crippen LogP contribution in [0.2, 0.25) is 0 Å². The maximum absolute atomic E-state index is 12.1. The first-order chi connectivity index (χ1) is 9.41. The Hall–Kier alpha value is -1.26. The highest BCUT2D eigenvalue weighted by Gasteiger charge is 2.42. The Labute approximate surface area is 121 Å². The Morgan fingerprint density at radius 2 is 2.10 bits per heavy atom. The fourth-order valence-corrected chi connectivity index (χ4v) is 2.74. The van der Waals surface area contributed by atoms with Crippen LogP contribution in [0.4, 0.5) is 4.79 Å². The average molecular weight is 284 g/mol. The second kappa shape index (κ2) is 7.50. The molecule has 2 N–H and O–H groups in total. The van der Waals surface area contributed by atoms with Gasteiger partial charge in [0.15, 0.2) is 0 Å². The second-order valence-electron chi connectivity index (χ2n) is 6.23. The molecule has 1 rings (SSSR count). The van der Waals surface area contributed by atoms with Gasteiger partial charge in [0.2, 0.25) is 0 Å². The molecule has 1 atom stereocenters. The topological polar surface area (TPSA) is 69.6 Å². The van der Waals surface area contributed by atoms with Crippen molar-refractivity contribution < 1.29 is 14.7 Å². The fourth-order valence-electron chi connectivity index (χ4n) is 2.74. The van der Waals surface area contributed by atoms with E-state index in [1.807, 2.05) is 6.92 Å². The van der Waals surface area contributed by atoms with Crippen molar-refractivity contribution in [3.63, 3.8) is 0 Å². The quantitative estimate of drug-likeness (QED) is 0.737. The lowest BCUT2D eigenvalue weighted by molar-refractivity contribution is -0.152. The number of carboxylic acid groups (broad SMARTS) is 1. The van der Waals surface area contributed by atoms with Crippen LogP contribution in [0.15, 0.2) is 0 Å². The molecule has 0 radical (unpaired) electrons. The summed E-state index contributed by atoms with van der Waals surface area (Å²) < 4.78 is 0. The molecule has 1 heterocycles. The molecule has 0 saturated carbocycles. The summed E-state index contributed by atoms with van der Waals surface area (Å²) in [6.07, 6.45) is 4.05. The third-order valence-electron chi connectivity index (χ3n) is 4.23. The number of hydrogen-bond acceptors (Lipinski definition) is 2. The zero-order valence-electron chi connectivity index (χ0n) is 12.9. The Morgan fingerprint density at radius 1 is 1.40 bits per heavy atom. The summed E-state index contributed by atoms with van der Waals surface area (Å²) in [7, 11) is 0. The molecule has 1 fully saturated rings. The van der Waals surface area contributed by atoms with E-state index in [2.05, 4.69) is 19.2 Å². The minimum atomic E-state index is -0.780. The van der Waals surface area contributed by atoms with Gasteiger partial charge in [-0.25, -0.2) is 4.79 Å². The van der Waals surface area contributed by atoms with Gasteiger partial charge in [-0.05, 0) is 38.0 Å². The smallest absolute Gasteiger partial charge is 0.317 e. The molecular weight excluding hydrogens is 256 g/mol. The van der Waals surface area contributed by atoms with Gasteiger partial charge in [-0.15, -0.1) is 0 Å². The van der Waals surface area contributed by atoms with Gasteiger partial charge in [0.1, 0.15) is 0 Å². The van der Waals surface area contributed by atoms with E-state index in [1.54, 1.807) is 4.90 Å². The van der Waals surface area contributed by atoms with Gasteiger partial charge >= 0.3 is 12.0 Å². The Kier molecular flexibility index (Phi) is 6.30. The molecule has 2 amide bonds. The summed E-state index contributed by atoms with van der Waals surface area (Å²) in [6, 6.07) is -0.118. The number of carbonyl (C=O) groups excluding carboxylic acids is 1. The van der Waals surface area contributed by atoms with Crippen molar-refractivity contribution in [2.45, 2.75) is 52.9 Å². The van der Waals surface area contributed by atoms with Crippen LogP contribution in [0, 0.1) is 11.3 Å². The van der Waals surface area contributed by atoms with Crippen molar-refractivity contribution in [2.24, 2.45) is 11.3 Å². The average Bonchev–Trinajstić information content (AvgIpc) is 2.42. The minimum Gasteiger partial charge on any atom is -0.481 e. The number of carboxylic acids is 1. The number of rotatable bonds is 6. The monoisotopic (exact) mass is 284 g/mol. The van der Waals surface area contributed by atoms with Crippen molar-refractivity contribution in [1.29, 1.82) is 0 Å². The maximum atomic E-state index is 12.1. The molecule has 0 aromatic heterocycles. The summed E-state index contributed by atoms with van der Waals surface area (Å²) in [6.45, 7) is 7.86. The number of aliphatic carboxylic acids is 1. The number of likely N-dealkylation sites (tertiary alicyclic amines) is 1. The first-order valence-electron chi connectivity index (χ1n) is 7.67. The van der Waals surface area contributed by atoms with Crippen LogP contribution in [-0.2, 0) is 4.79 Å². The zero-order chi connectivity index (χ0) is 15.2. The lowest BCUT2D eigenvalue weighted by atomic mass is 9.78. The first-order valence-corrected chi connectivity index (χ1v) is 7.67. The predicted molar refractivity (Wildman–Crippen MR) is 78.6 cm³/mol. The lowest BCUT2D eigenvalue weighted by Gasteiger charge is -2.39. The van der Waals surface area contributed by atoms with E-state index >= 15 is 0 Å². The van der Waals surface area contributed by atoms with Crippen LogP contribution in [0.1, 0.15) is 52.9 Å². The van der Waals surface area contributed by atoms with Crippen molar-refractivity contribution in [2.75, 3.05) is 19.6 Å². The van der Waals surface area contributed by atoms with Gasteiger partial charge in [-0.1, -0.05) is 20.8 Å². The molecule has 20 heavy (non-hydrogen) atoms. The molecule has 116 valence electrons. The number of carbonyl (C=O) groups is 2. The van der Waals surface area contributed by atoms with E-state index in [1.165, 1.54) is 0 Å². The highest BCUT2D eigenvalue weighted by Crippen LogP contribution is 2.33.